The fourth-order valence-corrected chi connectivity index (χ4v) is 2.34. The second-order valence-electron chi connectivity index (χ2n) is 4.58. The highest BCUT2D eigenvalue weighted by atomic mass is 16.5. The Labute approximate surface area is 113 Å². The molecule has 0 saturated carbocycles. The van der Waals surface area contributed by atoms with Gasteiger partial charge in [-0.3, -0.25) is 0 Å². The van der Waals surface area contributed by atoms with Crippen molar-refractivity contribution in [1.29, 1.82) is 0 Å². The van der Waals surface area contributed by atoms with Crippen molar-refractivity contribution < 1.29 is 4.74 Å². The molecular formula is C17H15NO. The van der Waals surface area contributed by atoms with Gasteiger partial charge in [0, 0.05) is 12.1 Å². The predicted molar refractivity (Wildman–Crippen MR) is 77.4 cm³/mol. The molecule has 0 fully saturated rings. The van der Waals surface area contributed by atoms with E-state index in [0.29, 0.717) is 6.61 Å². The normalized spacial score (nSPS) is 13.3. The number of nitrogens with zero attached hydrogens (tertiary/aromatic N) is 1. The van der Waals surface area contributed by atoms with Gasteiger partial charge in [0.25, 0.3) is 0 Å². The van der Waals surface area contributed by atoms with Crippen molar-refractivity contribution in [2.24, 2.45) is 0 Å². The van der Waals surface area contributed by atoms with Crippen molar-refractivity contribution in [2.75, 3.05) is 18.1 Å². The van der Waals surface area contributed by atoms with E-state index >= 15 is 0 Å². The first-order valence-corrected chi connectivity index (χ1v) is 6.39. The minimum absolute atomic E-state index is 0.702. The zero-order valence-electron chi connectivity index (χ0n) is 10.7. The molecule has 0 unspecified atom stereocenters. The van der Waals surface area contributed by atoms with Crippen molar-refractivity contribution in [2.45, 2.75) is 6.54 Å². The van der Waals surface area contributed by atoms with Gasteiger partial charge in [-0.15, -0.1) is 6.42 Å². The number of anilines is 1. The molecule has 2 nitrogen and oxygen atoms in total. The predicted octanol–water partition coefficient (Wildman–Crippen LogP) is 3.07. The maximum absolute atomic E-state index is 5.70. The van der Waals surface area contributed by atoms with E-state index < -0.39 is 0 Å². The Balaban J connectivity index is 1.89. The zero-order valence-corrected chi connectivity index (χ0v) is 10.7. The van der Waals surface area contributed by atoms with Gasteiger partial charge in [-0.05, 0) is 23.8 Å². The maximum atomic E-state index is 5.70. The van der Waals surface area contributed by atoms with E-state index in [1.807, 2.05) is 24.3 Å². The number of hydrogen-bond donors (Lipinski definition) is 0. The quantitative estimate of drug-likeness (QED) is 0.758. The number of fused-ring (bicyclic) bond motifs is 1. The summed E-state index contributed by atoms with van der Waals surface area (Å²) in [7, 11) is 0. The average molecular weight is 249 g/mol. The first-order valence-electron chi connectivity index (χ1n) is 6.39. The Hall–Kier alpha value is -2.40. The van der Waals surface area contributed by atoms with Gasteiger partial charge in [0.05, 0.1) is 12.2 Å². The molecule has 0 N–H and O–H groups in total. The summed E-state index contributed by atoms with van der Waals surface area (Å²) >= 11 is 0. The summed E-state index contributed by atoms with van der Waals surface area (Å²) in [6.45, 7) is 2.50. The lowest BCUT2D eigenvalue weighted by molar-refractivity contribution is 0.307. The van der Waals surface area contributed by atoms with Crippen LogP contribution in [0.4, 0.5) is 5.69 Å². The van der Waals surface area contributed by atoms with Crippen LogP contribution in [0.15, 0.2) is 48.5 Å². The van der Waals surface area contributed by atoms with Crippen molar-refractivity contribution in [3.8, 4) is 18.1 Å². The largest absolute Gasteiger partial charge is 0.490 e. The molecule has 2 aromatic carbocycles. The van der Waals surface area contributed by atoms with Crippen LogP contribution < -0.4 is 9.64 Å². The minimum Gasteiger partial charge on any atom is -0.490 e. The number of hydrogen-bond acceptors (Lipinski definition) is 2. The number of rotatable bonds is 2. The fourth-order valence-electron chi connectivity index (χ4n) is 2.34. The first kappa shape index (κ1) is 11.7. The van der Waals surface area contributed by atoms with Crippen LogP contribution in [0.3, 0.4) is 0 Å². The van der Waals surface area contributed by atoms with E-state index in [9.17, 15) is 0 Å². The number of terminal acetylenes is 1. The van der Waals surface area contributed by atoms with E-state index in [0.717, 1.165) is 30.1 Å². The van der Waals surface area contributed by atoms with Crippen LogP contribution in [0, 0.1) is 12.3 Å². The number of ether oxygens (including phenoxy) is 1. The average Bonchev–Trinajstić information content (AvgIpc) is 2.48. The second kappa shape index (κ2) is 5.07. The van der Waals surface area contributed by atoms with Gasteiger partial charge in [-0.2, -0.15) is 0 Å². The van der Waals surface area contributed by atoms with E-state index in [4.69, 9.17) is 11.2 Å². The lowest BCUT2D eigenvalue weighted by Crippen LogP contribution is -2.32. The van der Waals surface area contributed by atoms with Crippen LogP contribution in [-0.2, 0) is 6.54 Å². The molecule has 0 spiro atoms. The molecule has 2 heteroatoms. The third kappa shape index (κ3) is 2.41. The lowest BCUT2D eigenvalue weighted by Gasteiger charge is -2.31. The zero-order chi connectivity index (χ0) is 13.1. The van der Waals surface area contributed by atoms with Gasteiger partial charge < -0.3 is 9.64 Å². The van der Waals surface area contributed by atoms with Gasteiger partial charge in [-0.1, -0.05) is 36.3 Å². The van der Waals surface area contributed by atoms with Crippen molar-refractivity contribution >= 4 is 5.69 Å². The highest BCUT2D eigenvalue weighted by Crippen LogP contribution is 2.33. The molecule has 3 rings (SSSR count). The SMILES string of the molecule is C#Cc1ccc2c(c1)OCCN2Cc1ccccc1. The van der Waals surface area contributed by atoms with Gasteiger partial charge in [0.1, 0.15) is 12.4 Å². The highest BCUT2D eigenvalue weighted by Gasteiger charge is 2.18. The molecule has 94 valence electrons. The molecule has 0 aliphatic carbocycles. The topological polar surface area (TPSA) is 12.5 Å². The second-order valence-corrected chi connectivity index (χ2v) is 4.58. The molecular weight excluding hydrogens is 234 g/mol. The van der Waals surface area contributed by atoms with Gasteiger partial charge in [-0.25, -0.2) is 0 Å². The molecule has 0 radical (unpaired) electrons. The van der Waals surface area contributed by atoms with E-state index in [-0.39, 0.29) is 0 Å². The Bertz CT molecular complexity index is 613. The smallest absolute Gasteiger partial charge is 0.143 e. The monoisotopic (exact) mass is 249 g/mol. The summed E-state index contributed by atoms with van der Waals surface area (Å²) in [6.07, 6.45) is 5.42. The van der Waals surface area contributed by atoms with E-state index in [2.05, 4.69) is 35.1 Å². The summed E-state index contributed by atoms with van der Waals surface area (Å²) in [5, 5.41) is 0. The molecule has 1 aliphatic heterocycles. The van der Waals surface area contributed by atoms with Crippen LogP contribution >= 0.6 is 0 Å². The third-order valence-electron chi connectivity index (χ3n) is 3.30. The first-order chi connectivity index (χ1) is 9.36. The summed E-state index contributed by atoms with van der Waals surface area (Å²) in [6, 6.07) is 16.4. The molecule has 0 saturated heterocycles. The molecule has 1 aliphatic rings. The Morgan fingerprint density at radius 2 is 2.00 bits per heavy atom. The molecule has 0 bridgehead atoms. The molecule has 19 heavy (non-hydrogen) atoms. The maximum Gasteiger partial charge on any atom is 0.143 e. The highest BCUT2D eigenvalue weighted by molar-refractivity contribution is 5.62. The molecule has 0 amide bonds. The Morgan fingerprint density at radius 3 is 2.79 bits per heavy atom. The molecule has 0 atom stereocenters. The van der Waals surface area contributed by atoms with Crippen LogP contribution in [0.1, 0.15) is 11.1 Å². The van der Waals surface area contributed by atoms with Crippen molar-refractivity contribution in [1.82, 2.24) is 0 Å². The van der Waals surface area contributed by atoms with Crippen LogP contribution in [-0.4, -0.2) is 13.2 Å². The van der Waals surface area contributed by atoms with Crippen molar-refractivity contribution in [3.63, 3.8) is 0 Å². The summed E-state index contributed by atoms with van der Waals surface area (Å²) in [5.74, 6) is 3.53. The Kier molecular flexibility index (Phi) is 3.12. The van der Waals surface area contributed by atoms with Crippen LogP contribution in [0.2, 0.25) is 0 Å². The van der Waals surface area contributed by atoms with Gasteiger partial charge >= 0.3 is 0 Å². The summed E-state index contributed by atoms with van der Waals surface area (Å²) < 4.78 is 5.70. The van der Waals surface area contributed by atoms with Gasteiger partial charge in [0.2, 0.25) is 0 Å². The molecule has 1 heterocycles. The Morgan fingerprint density at radius 1 is 1.16 bits per heavy atom. The summed E-state index contributed by atoms with van der Waals surface area (Å²) in [4.78, 5) is 2.33. The molecule has 0 aromatic heterocycles. The van der Waals surface area contributed by atoms with Crippen molar-refractivity contribution in [3.05, 3.63) is 59.7 Å². The van der Waals surface area contributed by atoms with Crippen LogP contribution in [0.25, 0.3) is 0 Å². The minimum atomic E-state index is 0.702. The van der Waals surface area contributed by atoms with Crippen LogP contribution in [0.5, 0.6) is 5.75 Å². The van der Waals surface area contributed by atoms with E-state index in [1.54, 1.807) is 0 Å². The number of benzene rings is 2. The third-order valence-corrected chi connectivity index (χ3v) is 3.30. The molecule has 2 aromatic rings. The standard InChI is InChI=1S/C17H15NO/c1-2-14-8-9-16-17(12-14)19-11-10-18(16)13-15-6-4-3-5-7-15/h1,3-9,12H,10-11,13H2. The van der Waals surface area contributed by atoms with E-state index in [1.165, 1.54) is 5.56 Å². The van der Waals surface area contributed by atoms with Gasteiger partial charge in [0.15, 0.2) is 0 Å². The fraction of sp³-hybridized carbons (Fsp3) is 0.176. The summed E-state index contributed by atoms with van der Waals surface area (Å²) in [5.41, 5.74) is 3.28. The lowest BCUT2D eigenvalue weighted by atomic mass is 10.1.